The molecule has 0 spiro atoms. The first kappa shape index (κ1) is 13.6. The second kappa shape index (κ2) is 5.89. The summed E-state index contributed by atoms with van der Waals surface area (Å²) in [6, 6.07) is 10.5. The van der Waals surface area contributed by atoms with Crippen LogP contribution in [0.1, 0.15) is 0 Å². The van der Waals surface area contributed by atoms with Crippen molar-refractivity contribution in [3.05, 3.63) is 56.5 Å². The fourth-order valence-electron chi connectivity index (χ4n) is 1.32. The molecule has 0 amide bonds. The molecule has 0 aliphatic heterocycles. The van der Waals surface area contributed by atoms with Crippen LogP contribution in [0.5, 0.6) is 0 Å². The molecule has 2 aromatic rings. The van der Waals surface area contributed by atoms with Crippen LogP contribution in [0.15, 0.2) is 36.4 Å². The Morgan fingerprint density at radius 1 is 0.722 bits per heavy atom. The van der Waals surface area contributed by atoms with E-state index in [0.717, 1.165) is 5.69 Å². The summed E-state index contributed by atoms with van der Waals surface area (Å²) in [5, 5.41) is 1.95. The number of halogens is 4. The lowest BCUT2D eigenvalue weighted by Crippen LogP contribution is -2.08. The van der Waals surface area contributed by atoms with Gasteiger partial charge in [0.05, 0.1) is 26.4 Å². The monoisotopic (exact) mass is 320 g/mol. The van der Waals surface area contributed by atoms with Crippen LogP contribution in [0.25, 0.3) is 0 Å². The van der Waals surface area contributed by atoms with Gasteiger partial charge in [0.2, 0.25) is 0 Å². The molecule has 0 saturated heterocycles. The van der Waals surface area contributed by atoms with Crippen LogP contribution in [0.4, 0.5) is 11.4 Å². The summed E-state index contributed by atoms with van der Waals surface area (Å²) in [5.74, 6) is 0. The van der Waals surface area contributed by atoms with Gasteiger partial charge in [0.15, 0.2) is 0 Å². The molecule has 0 bridgehead atoms. The minimum absolute atomic E-state index is 0.412. The third-order valence-corrected chi connectivity index (χ3v) is 3.45. The van der Waals surface area contributed by atoms with E-state index in [4.69, 9.17) is 46.4 Å². The zero-order chi connectivity index (χ0) is 13.1. The molecule has 0 saturated carbocycles. The summed E-state index contributed by atoms with van der Waals surface area (Å²) in [6.45, 7) is 0. The molecule has 0 fully saturated rings. The second-order valence-electron chi connectivity index (χ2n) is 3.51. The van der Waals surface area contributed by atoms with Crippen molar-refractivity contribution in [3.63, 3.8) is 0 Å². The number of hydrogen-bond acceptors (Lipinski definition) is 2. The standard InChI is InChI=1S/C12H8Cl4N2/c13-7-2-1-3-8(4-7)17-18-12-6-10(15)9(14)5-11(12)16/h1-6,17-18H. The lowest BCUT2D eigenvalue weighted by atomic mass is 10.3. The smallest absolute Gasteiger partial charge is 0.0742 e. The minimum Gasteiger partial charge on any atom is -0.301 e. The molecule has 0 atom stereocenters. The molecule has 18 heavy (non-hydrogen) atoms. The fraction of sp³-hybridized carbons (Fsp3) is 0. The highest BCUT2D eigenvalue weighted by Gasteiger charge is 2.05. The van der Waals surface area contributed by atoms with Crippen LogP contribution in [-0.2, 0) is 0 Å². The van der Waals surface area contributed by atoms with Gasteiger partial charge in [-0.2, -0.15) is 0 Å². The Morgan fingerprint density at radius 3 is 2.17 bits per heavy atom. The first-order chi connectivity index (χ1) is 8.56. The quantitative estimate of drug-likeness (QED) is 0.556. The van der Waals surface area contributed by atoms with Gasteiger partial charge in [0, 0.05) is 5.02 Å². The van der Waals surface area contributed by atoms with E-state index in [1.54, 1.807) is 24.3 Å². The predicted octanol–water partition coefficient (Wildman–Crippen LogP) is 5.74. The summed E-state index contributed by atoms with van der Waals surface area (Å²) in [4.78, 5) is 0. The largest absolute Gasteiger partial charge is 0.301 e. The van der Waals surface area contributed by atoms with Crippen LogP contribution in [0.3, 0.4) is 0 Å². The topological polar surface area (TPSA) is 24.1 Å². The van der Waals surface area contributed by atoms with Crippen LogP contribution in [0, 0.1) is 0 Å². The minimum atomic E-state index is 0.412. The number of hydrogen-bond donors (Lipinski definition) is 2. The van der Waals surface area contributed by atoms with Crippen molar-refractivity contribution in [2.45, 2.75) is 0 Å². The zero-order valence-electron chi connectivity index (χ0n) is 8.98. The highest BCUT2D eigenvalue weighted by atomic mass is 35.5. The first-order valence-corrected chi connectivity index (χ1v) is 6.49. The maximum atomic E-state index is 6.03. The average Bonchev–Trinajstić information content (AvgIpc) is 2.32. The number of nitrogens with one attached hydrogen (secondary N) is 2. The summed E-state index contributed by atoms with van der Waals surface area (Å²) in [5.41, 5.74) is 7.35. The maximum absolute atomic E-state index is 6.03. The average molecular weight is 322 g/mol. The maximum Gasteiger partial charge on any atom is 0.0742 e. The molecule has 0 aromatic heterocycles. The van der Waals surface area contributed by atoms with Crippen molar-refractivity contribution < 1.29 is 0 Å². The van der Waals surface area contributed by atoms with E-state index in [9.17, 15) is 0 Å². The Balaban J connectivity index is 2.13. The molecule has 0 unspecified atom stereocenters. The van der Waals surface area contributed by atoms with E-state index in [-0.39, 0.29) is 0 Å². The third-order valence-electron chi connectivity index (χ3n) is 2.18. The van der Waals surface area contributed by atoms with Gasteiger partial charge in [0.25, 0.3) is 0 Å². The van der Waals surface area contributed by atoms with E-state index < -0.39 is 0 Å². The zero-order valence-corrected chi connectivity index (χ0v) is 12.0. The van der Waals surface area contributed by atoms with E-state index in [0.29, 0.717) is 25.8 Å². The van der Waals surface area contributed by atoms with Gasteiger partial charge >= 0.3 is 0 Å². The molecule has 0 aliphatic carbocycles. The van der Waals surface area contributed by atoms with Gasteiger partial charge in [-0.15, -0.1) is 0 Å². The van der Waals surface area contributed by atoms with Gasteiger partial charge in [-0.1, -0.05) is 52.5 Å². The van der Waals surface area contributed by atoms with Gasteiger partial charge in [-0.05, 0) is 30.3 Å². The van der Waals surface area contributed by atoms with Crippen molar-refractivity contribution in [2.75, 3.05) is 10.9 Å². The highest BCUT2D eigenvalue weighted by molar-refractivity contribution is 6.44. The van der Waals surface area contributed by atoms with Crippen LogP contribution < -0.4 is 10.9 Å². The Kier molecular flexibility index (Phi) is 4.46. The molecule has 6 heteroatoms. The molecule has 2 nitrogen and oxygen atoms in total. The van der Waals surface area contributed by atoms with E-state index in [2.05, 4.69) is 10.9 Å². The number of anilines is 2. The van der Waals surface area contributed by atoms with Crippen molar-refractivity contribution in [2.24, 2.45) is 0 Å². The number of hydrazine groups is 1. The van der Waals surface area contributed by atoms with E-state index in [1.807, 2.05) is 12.1 Å². The molecule has 0 aliphatic rings. The van der Waals surface area contributed by atoms with Gasteiger partial charge in [0.1, 0.15) is 0 Å². The molecular weight excluding hydrogens is 314 g/mol. The Labute approximate surface area is 125 Å². The molecular formula is C12H8Cl4N2. The molecule has 2 aromatic carbocycles. The summed E-state index contributed by atoms with van der Waals surface area (Å²) in [7, 11) is 0. The molecule has 2 N–H and O–H groups in total. The van der Waals surface area contributed by atoms with Gasteiger partial charge in [-0.3, -0.25) is 5.43 Å². The van der Waals surface area contributed by atoms with Crippen molar-refractivity contribution in [1.82, 2.24) is 0 Å². The molecule has 94 valence electrons. The number of benzene rings is 2. The molecule has 2 rings (SSSR count). The summed E-state index contributed by atoms with van der Waals surface area (Å²) >= 11 is 23.7. The van der Waals surface area contributed by atoms with Crippen molar-refractivity contribution in [1.29, 1.82) is 0 Å². The van der Waals surface area contributed by atoms with E-state index >= 15 is 0 Å². The summed E-state index contributed by atoms with van der Waals surface area (Å²) in [6.07, 6.45) is 0. The fourth-order valence-corrected chi connectivity index (χ4v) is 2.11. The van der Waals surface area contributed by atoms with Crippen LogP contribution in [-0.4, -0.2) is 0 Å². The van der Waals surface area contributed by atoms with Crippen LogP contribution >= 0.6 is 46.4 Å². The Hall–Kier alpha value is -0.800. The Bertz CT molecular complexity index is 572. The van der Waals surface area contributed by atoms with E-state index in [1.165, 1.54) is 0 Å². The lowest BCUT2D eigenvalue weighted by Gasteiger charge is -2.12. The third kappa shape index (κ3) is 3.36. The van der Waals surface area contributed by atoms with Gasteiger partial charge < -0.3 is 5.43 Å². The first-order valence-electron chi connectivity index (χ1n) is 4.98. The Morgan fingerprint density at radius 2 is 1.44 bits per heavy atom. The summed E-state index contributed by atoms with van der Waals surface area (Å²) < 4.78 is 0. The lowest BCUT2D eigenvalue weighted by molar-refractivity contribution is 1.41. The van der Waals surface area contributed by atoms with Crippen molar-refractivity contribution in [3.8, 4) is 0 Å². The van der Waals surface area contributed by atoms with Gasteiger partial charge in [-0.25, -0.2) is 0 Å². The number of rotatable bonds is 3. The normalized spacial score (nSPS) is 10.2. The predicted molar refractivity (Wildman–Crippen MR) is 80.2 cm³/mol. The molecule has 0 heterocycles. The SMILES string of the molecule is Clc1cccc(NNc2cc(Cl)c(Cl)cc2Cl)c1. The molecule has 0 radical (unpaired) electrons. The van der Waals surface area contributed by atoms with Crippen molar-refractivity contribution >= 4 is 57.8 Å². The second-order valence-corrected chi connectivity index (χ2v) is 5.16. The highest BCUT2D eigenvalue weighted by Crippen LogP contribution is 2.32. The van der Waals surface area contributed by atoms with Crippen LogP contribution in [0.2, 0.25) is 20.1 Å².